The predicted molar refractivity (Wildman–Crippen MR) is 220 cm³/mol. The monoisotopic (exact) mass is 797 g/mol. The van der Waals surface area contributed by atoms with E-state index in [4.69, 9.17) is 29.4 Å². The number of likely N-dealkylation sites (tertiary alicyclic amines) is 1. The molecule has 0 aromatic heterocycles. The Morgan fingerprint density at radius 1 is 0.810 bits per heavy atom. The van der Waals surface area contributed by atoms with E-state index in [1.54, 1.807) is 52.4 Å². The van der Waals surface area contributed by atoms with E-state index in [9.17, 15) is 14.4 Å². The number of hydrogen-bond donors (Lipinski definition) is 2. The number of benzene rings is 3. The summed E-state index contributed by atoms with van der Waals surface area (Å²) in [6, 6.07) is 14.5. The Labute approximate surface area is 342 Å². The number of carbonyl (C=O) groups is 3. The van der Waals surface area contributed by atoms with Crippen LogP contribution in [0.4, 0.5) is 10.5 Å². The quantitative estimate of drug-likeness (QED) is 0.215. The van der Waals surface area contributed by atoms with Crippen LogP contribution in [0.1, 0.15) is 85.9 Å². The second-order valence-electron chi connectivity index (χ2n) is 16.2. The summed E-state index contributed by atoms with van der Waals surface area (Å²) >= 11 is 0. The average molecular weight is 798 g/mol. The molecule has 2 saturated heterocycles. The van der Waals surface area contributed by atoms with Gasteiger partial charge in [0, 0.05) is 37.9 Å². The number of rotatable bonds is 12. The fraction of sp³-hybridized carbons (Fsp3) is 0.533. The number of nitrogens with two attached hydrogens (primary N) is 1. The summed E-state index contributed by atoms with van der Waals surface area (Å²) in [4.78, 5) is 46.0. The molecule has 0 saturated carbocycles. The Bertz CT molecular complexity index is 1970. The zero-order valence-corrected chi connectivity index (χ0v) is 34.8. The van der Waals surface area contributed by atoms with Gasteiger partial charge in [0.2, 0.25) is 11.8 Å². The molecular weight excluding hydrogens is 739 g/mol. The molecule has 7 rings (SSSR count). The third-order valence-corrected chi connectivity index (χ3v) is 12.9. The van der Waals surface area contributed by atoms with Gasteiger partial charge in [0.05, 0.1) is 40.5 Å². The van der Waals surface area contributed by atoms with E-state index in [-0.39, 0.29) is 36.6 Å². The minimum Gasteiger partial charge on any atom is -0.493 e. The van der Waals surface area contributed by atoms with Gasteiger partial charge in [-0.3, -0.25) is 14.5 Å². The molecule has 0 aliphatic carbocycles. The van der Waals surface area contributed by atoms with Crippen molar-refractivity contribution >= 4 is 23.6 Å². The first-order valence-corrected chi connectivity index (χ1v) is 20.7. The maximum absolute atomic E-state index is 14.2. The smallest absolute Gasteiger partial charge is 0.410 e. The van der Waals surface area contributed by atoms with E-state index < -0.39 is 12.1 Å². The molecule has 0 radical (unpaired) electrons. The molecule has 4 heterocycles. The topological polar surface area (TPSA) is 145 Å². The Morgan fingerprint density at radius 3 is 2.07 bits per heavy atom. The second kappa shape index (κ2) is 17.9. The molecule has 0 spiro atoms. The first kappa shape index (κ1) is 41.2. The number of nitrogens with one attached hydrogen (secondary N) is 1. The van der Waals surface area contributed by atoms with Crippen LogP contribution in [0.15, 0.2) is 48.5 Å². The number of carbonyl (C=O) groups excluding carboxylic acids is 3. The van der Waals surface area contributed by atoms with Crippen molar-refractivity contribution in [2.45, 2.75) is 89.6 Å². The van der Waals surface area contributed by atoms with Crippen molar-refractivity contribution in [1.82, 2.24) is 14.7 Å². The van der Waals surface area contributed by atoms with Gasteiger partial charge in [-0.15, -0.1) is 0 Å². The number of piperidine rings is 1. The van der Waals surface area contributed by atoms with Gasteiger partial charge in [0.15, 0.2) is 23.0 Å². The Balaban J connectivity index is 1.09. The number of anilines is 1. The second-order valence-corrected chi connectivity index (χ2v) is 16.2. The molecule has 58 heavy (non-hydrogen) atoms. The third-order valence-electron chi connectivity index (χ3n) is 12.9. The summed E-state index contributed by atoms with van der Waals surface area (Å²) in [6.45, 7) is 7.02. The molecule has 13 heteroatoms. The van der Waals surface area contributed by atoms with Crippen LogP contribution in [0.5, 0.6) is 23.0 Å². The normalized spacial score (nSPS) is 23.2. The lowest BCUT2D eigenvalue weighted by Gasteiger charge is -2.49. The van der Waals surface area contributed by atoms with E-state index in [0.29, 0.717) is 55.0 Å². The van der Waals surface area contributed by atoms with Gasteiger partial charge in [0.1, 0.15) is 12.6 Å². The molecule has 2 fully saturated rings. The number of nitrogens with zero attached hydrogens (tertiary/aromatic N) is 3. The van der Waals surface area contributed by atoms with Gasteiger partial charge in [-0.1, -0.05) is 25.5 Å². The van der Waals surface area contributed by atoms with Crippen molar-refractivity contribution in [2.24, 2.45) is 17.6 Å². The zero-order chi connectivity index (χ0) is 41.1. The van der Waals surface area contributed by atoms with Gasteiger partial charge in [-0.05, 0) is 121 Å². The van der Waals surface area contributed by atoms with Gasteiger partial charge in [0.25, 0.3) is 0 Å². The van der Waals surface area contributed by atoms with Crippen LogP contribution >= 0.6 is 0 Å². The fourth-order valence-electron chi connectivity index (χ4n) is 9.75. The minimum atomic E-state index is -0.659. The van der Waals surface area contributed by atoms with Crippen LogP contribution in [0.25, 0.3) is 0 Å². The highest BCUT2D eigenvalue weighted by Gasteiger charge is 2.43. The molecule has 6 atom stereocenters. The summed E-state index contributed by atoms with van der Waals surface area (Å²) in [7, 11) is 6.66. The summed E-state index contributed by atoms with van der Waals surface area (Å²) in [6.07, 6.45) is 5.41. The van der Waals surface area contributed by atoms with E-state index >= 15 is 0 Å². The maximum Gasteiger partial charge on any atom is 0.410 e. The SMILES string of the molecule is CC[C@H]1CN2CCc3cc(OC)c(OC)cc3[C@@H]2C[C@@H]1C[C@@H]1c2cc(OC)c(OC)cc2CCN1C(=O)OCc1ccc(NC(=O)[C@@H]2CCCN2C(=O)[C@H](C)N)cc1. The highest BCUT2D eigenvalue weighted by Crippen LogP contribution is 2.49. The molecule has 0 unspecified atom stereocenters. The lowest BCUT2D eigenvalue weighted by atomic mass is 9.72. The summed E-state index contributed by atoms with van der Waals surface area (Å²) in [5.74, 6) is 3.16. The Kier molecular flexibility index (Phi) is 12.7. The minimum absolute atomic E-state index is 0.0779. The van der Waals surface area contributed by atoms with Crippen molar-refractivity contribution in [3.05, 3.63) is 76.3 Å². The molecule has 0 bridgehead atoms. The van der Waals surface area contributed by atoms with E-state index in [0.717, 1.165) is 73.4 Å². The van der Waals surface area contributed by atoms with Gasteiger partial charge in [-0.2, -0.15) is 0 Å². The number of fused-ring (bicyclic) bond motifs is 4. The molecule has 3 aromatic rings. The molecule has 3 aromatic carbocycles. The number of hydrogen-bond acceptors (Lipinski definition) is 10. The Morgan fingerprint density at radius 2 is 1.43 bits per heavy atom. The third kappa shape index (κ3) is 8.29. The molecule has 3 amide bonds. The van der Waals surface area contributed by atoms with Gasteiger partial charge in [-0.25, -0.2) is 4.79 Å². The first-order chi connectivity index (χ1) is 28.1. The van der Waals surface area contributed by atoms with Crippen molar-refractivity contribution in [1.29, 1.82) is 0 Å². The number of methoxy groups -OCH3 is 4. The largest absolute Gasteiger partial charge is 0.493 e. The predicted octanol–water partition coefficient (Wildman–Crippen LogP) is 6.27. The standard InChI is InChI=1S/C45H59N5O8/c1-7-29-25-48-17-14-30-21-39(54-3)41(56-5)23-34(30)37(48)19-32(29)20-38-35-24-42(57-6)40(55-4)22-31(35)15-18-50(38)45(53)58-26-28-10-12-33(13-11-28)47-43(51)36-9-8-16-49(36)44(52)27(2)46/h10-13,21-24,27,29,32,36-38H,7-9,14-20,25-26,46H2,1-6H3,(H,47,51)/t27-,29-,32+,36-,37-,38+/m0/s1. The lowest BCUT2D eigenvalue weighted by Crippen LogP contribution is -2.48. The molecule has 4 aliphatic heterocycles. The average Bonchev–Trinajstić information content (AvgIpc) is 3.75. The number of amides is 3. The summed E-state index contributed by atoms with van der Waals surface area (Å²) < 4.78 is 28.9. The van der Waals surface area contributed by atoms with Crippen LogP contribution in [-0.2, 0) is 33.8 Å². The summed E-state index contributed by atoms with van der Waals surface area (Å²) in [5, 5.41) is 2.94. The fourth-order valence-corrected chi connectivity index (χ4v) is 9.75. The summed E-state index contributed by atoms with van der Waals surface area (Å²) in [5.41, 5.74) is 12.0. The maximum atomic E-state index is 14.2. The van der Waals surface area contributed by atoms with Gasteiger partial charge >= 0.3 is 6.09 Å². The van der Waals surface area contributed by atoms with E-state index in [1.165, 1.54) is 11.1 Å². The van der Waals surface area contributed by atoms with E-state index in [1.807, 2.05) is 23.1 Å². The Hall–Kier alpha value is -5.01. The van der Waals surface area contributed by atoms with E-state index in [2.05, 4.69) is 35.3 Å². The van der Waals surface area contributed by atoms with Crippen molar-refractivity contribution < 1.29 is 38.1 Å². The van der Waals surface area contributed by atoms with Crippen LogP contribution < -0.4 is 30.0 Å². The van der Waals surface area contributed by atoms with Crippen LogP contribution in [0.3, 0.4) is 0 Å². The van der Waals surface area contributed by atoms with Crippen LogP contribution in [0, 0.1) is 11.8 Å². The van der Waals surface area contributed by atoms with Crippen LogP contribution in [-0.4, -0.2) is 99.3 Å². The van der Waals surface area contributed by atoms with Gasteiger partial charge < -0.3 is 44.5 Å². The van der Waals surface area contributed by atoms with Crippen molar-refractivity contribution in [3.63, 3.8) is 0 Å². The molecule has 3 N–H and O–H groups in total. The molecule has 13 nitrogen and oxygen atoms in total. The molecule has 4 aliphatic rings. The first-order valence-electron chi connectivity index (χ1n) is 20.7. The van der Waals surface area contributed by atoms with Crippen LogP contribution in [0.2, 0.25) is 0 Å². The lowest BCUT2D eigenvalue weighted by molar-refractivity contribution is -0.137. The zero-order valence-electron chi connectivity index (χ0n) is 34.8. The van der Waals surface area contributed by atoms with Crippen molar-refractivity contribution in [3.8, 4) is 23.0 Å². The highest BCUT2D eigenvalue weighted by molar-refractivity contribution is 5.98. The molecular formula is C45H59N5O8. The highest BCUT2D eigenvalue weighted by atomic mass is 16.6. The molecule has 312 valence electrons. The number of ether oxygens (including phenoxy) is 5. The van der Waals surface area contributed by atoms with Crippen molar-refractivity contribution in [2.75, 3.05) is 59.9 Å².